The van der Waals surface area contributed by atoms with Crippen LogP contribution in [0.2, 0.25) is 0 Å². The Morgan fingerprint density at radius 1 is 1.30 bits per heavy atom. The average Bonchev–Trinajstić information content (AvgIpc) is 2.66. The lowest BCUT2D eigenvalue weighted by Gasteiger charge is -2.13. The number of carbonyl (C=O) groups is 2. The molecule has 3 amide bonds. The van der Waals surface area contributed by atoms with Gasteiger partial charge in [0.1, 0.15) is 6.04 Å². The van der Waals surface area contributed by atoms with Crippen molar-refractivity contribution in [1.29, 1.82) is 5.26 Å². The Bertz CT molecular complexity index is 557. The largest absolute Gasteiger partial charge is 0.326 e. The molecule has 5 nitrogen and oxygen atoms in total. The maximum absolute atomic E-state index is 12.2. The molecule has 0 radical (unpaired) electrons. The molecular weight excluding hydrogens is 254 g/mol. The smallest absolute Gasteiger partial charge is 0.325 e. The molecule has 1 N–H and O–H groups in total. The Morgan fingerprint density at radius 3 is 2.50 bits per heavy atom. The van der Waals surface area contributed by atoms with Gasteiger partial charge in [-0.3, -0.25) is 9.69 Å². The Morgan fingerprint density at radius 2 is 1.95 bits per heavy atom. The first kappa shape index (κ1) is 14.1. The Hall–Kier alpha value is -2.35. The third kappa shape index (κ3) is 2.97. The molecule has 1 atom stereocenters. The normalized spacial score (nSPS) is 18.3. The molecule has 0 saturated carbocycles. The zero-order chi connectivity index (χ0) is 14.7. The van der Waals surface area contributed by atoms with Gasteiger partial charge in [0.15, 0.2) is 0 Å². The van der Waals surface area contributed by atoms with Crippen LogP contribution in [0.15, 0.2) is 24.3 Å². The van der Waals surface area contributed by atoms with Gasteiger partial charge in [-0.05, 0) is 30.0 Å². The summed E-state index contributed by atoms with van der Waals surface area (Å²) in [5, 5.41) is 11.4. The quantitative estimate of drug-likeness (QED) is 0.851. The van der Waals surface area contributed by atoms with Gasteiger partial charge in [-0.1, -0.05) is 26.0 Å². The number of hydrogen-bond acceptors (Lipinski definition) is 3. The lowest BCUT2D eigenvalue weighted by atomic mass is 10.0. The predicted octanol–water partition coefficient (Wildman–Crippen LogP) is 2.02. The second kappa shape index (κ2) is 5.74. The van der Waals surface area contributed by atoms with Crippen LogP contribution in [0.3, 0.4) is 0 Å². The molecule has 2 rings (SSSR count). The van der Waals surface area contributed by atoms with Crippen molar-refractivity contribution >= 4 is 11.9 Å². The molecule has 1 aromatic carbocycles. The molecule has 20 heavy (non-hydrogen) atoms. The van der Waals surface area contributed by atoms with Crippen molar-refractivity contribution < 1.29 is 9.59 Å². The molecule has 1 fully saturated rings. The molecule has 0 unspecified atom stereocenters. The summed E-state index contributed by atoms with van der Waals surface area (Å²) in [6.45, 7) is 4.27. The van der Waals surface area contributed by atoms with Crippen LogP contribution in [0.1, 0.15) is 31.4 Å². The summed E-state index contributed by atoms with van der Waals surface area (Å²) in [4.78, 5) is 25.2. The molecule has 0 aliphatic carbocycles. The molecule has 0 aromatic heterocycles. The third-order valence-corrected chi connectivity index (χ3v) is 3.24. The molecule has 1 saturated heterocycles. The van der Waals surface area contributed by atoms with Crippen LogP contribution in [0.5, 0.6) is 0 Å². The van der Waals surface area contributed by atoms with Crippen LogP contribution in [-0.4, -0.2) is 22.9 Å². The monoisotopic (exact) mass is 271 g/mol. The van der Waals surface area contributed by atoms with E-state index in [9.17, 15) is 9.59 Å². The van der Waals surface area contributed by atoms with E-state index in [4.69, 9.17) is 5.26 Å². The number of amides is 3. The van der Waals surface area contributed by atoms with Gasteiger partial charge in [-0.25, -0.2) is 4.79 Å². The SMILES string of the molecule is CC(C)C[C@H]1NC(=O)N(Cc2ccc(C#N)cc2)C1=O. The molecule has 5 heteroatoms. The van der Waals surface area contributed by atoms with Crippen LogP contribution >= 0.6 is 0 Å². The number of nitriles is 1. The summed E-state index contributed by atoms with van der Waals surface area (Å²) in [5.41, 5.74) is 1.39. The van der Waals surface area contributed by atoms with E-state index >= 15 is 0 Å². The predicted molar refractivity (Wildman–Crippen MR) is 73.5 cm³/mol. The Kier molecular flexibility index (Phi) is 4.04. The van der Waals surface area contributed by atoms with Crippen LogP contribution in [0, 0.1) is 17.2 Å². The summed E-state index contributed by atoms with van der Waals surface area (Å²) in [6.07, 6.45) is 0.647. The minimum atomic E-state index is -0.416. The fourth-order valence-electron chi connectivity index (χ4n) is 2.23. The fourth-order valence-corrected chi connectivity index (χ4v) is 2.23. The van der Waals surface area contributed by atoms with Crippen molar-refractivity contribution in [3.8, 4) is 6.07 Å². The number of nitrogens with zero attached hydrogens (tertiary/aromatic N) is 2. The molecule has 1 aromatic rings. The zero-order valence-electron chi connectivity index (χ0n) is 11.6. The number of urea groups is 1. The molecule has 1 aliphatic heterocycles. The van der Waals surface area contributed by atoms with Crippen LogP contribution in [0.4, 0.5) is 4.79 Å². The fraction of sp³-hybridized carbons (Fsp3) is 0.400. The first-order chi connectivity index (χ1) is 9.51. The van der Waals surface area contributed by atoms with Crippen molar-refractivity contribution in [1.82, 2.24) is 10.2 Å². The number of benzene rings is 1. The molecule has 104 valence electrons. The lowest BCUT2D eigenvalue weighted by molar-refractivity contribution is -0.128. The standard InChI is InChI=1S/C15H17N3O2/c1-10(2)7-13-14(19)18(15(20)17-13)9-12-5-3-11(8-16)4-6-12/h3-6,10,13H,7,9H2,1-2H3,(H,17,20)/t13-/m1/s1. The molecule has 1 heterocycles. The van der Waals surface area contributed by atoms with Gasteiger partial charge in [-0.15, -0.1) is 0 Å². The summed E-state index contributed by atoms with van der Waals surface area (Å²) >= 11 is 0. The van der Waals surface area contributed by atoms with Gasteiger partial charge < -0.3 is 5.32 Å². The number of rotatable bonds is 4. The van der Waals surface area contributed by atoms with Crippen molar-refractivity contribution in [3.63, 3.8) is 0 Å². The molecule has 0 spiro atoms. The first-order valence-electron chi connectivity index (χ1n) is 6.62. The van der Waals surface area contributed by atoms with Gasteiger partial charge in [-0.2, -0.15) is 5.26 Å². The summed E-state index contributed by atoms with van der Waals surface area (Å²) in [5.74, 6) is 0.173. The lowest BCUT2D eigenvalue weighted by Crippen LogP contribution is -2.31. The first-order valence-corrected chi connectivity index (χ1v) is 6.62. The highest BCUT2D eigenvalue weighted by atomic mass is 16.2. The van der Waals surface area contributed by atoms with E-state index in [1.165, 1.54) is 4.90 Å². The third-order valence-electron chi connectivity index (χ3n) is 3.24. The van der Waals surface area contributed by atoms with Gasteiger partial charge in [0.2, 0.25) is 0 Å². The van der Waals surface area contributed by atoms with Crippen LogP contribution in [-0.2, 0) is 11.3 Å². The Labute approximate surface area is 118 Å². The second-order valence-corrected chi connectivity index (χ2v) is 5.36. The van der Waals surface area contributed by atoms with Gasteiger partial charge in [0.25, 0.3) is 5.91 Å². The van der Waals surface area contributed by atoms with Crippen molar-refractivity contribution in [2.24, 2.45) is 5.92 Å². The van der Waals surface area contributed by atoms with E-state index in [0.29, 0.717) is 17.9 Å². The van der Waals surface area contributed by atoms with E-state index in [0.717, 1.165) is 5.56 Å². The van der Waals surface area contributed by atoms with Crippen LogP contribution in [0.25, 0.3) is 0 Å². The highest BCUT2D eigenvalue weighted by Crippen LogP contribution is 2.17. The van der Waals surface area contributed by atoms with Gasteiger partial charge in [0, 0.05) is 0 Å². The van der Waals surface area contributed by atoms with E-state index in [-0.39, 0.29) is 18.5 Å². The van der Waals surface area contributed by atoms with E-state index in [1.807, 2.05) is 19.9 Å². The number of hydrogen-bond donors (Lipinski definition) is 1. The van der Waals surface area contributed by atoms with Gasteiger partial charge >= 0.3 is 6.03 Å². The Balaban J connectivity index is 2.07. The van der Waals surface area contributed by atoms with Crippen molar-refractivity contribution in [3.05, 3.63) is 35.4 Å². The minimum Gasteiger partial charge on any atom is -0.326 e. The zero-order valence-corrected chi connectivity index (χ0v) is 11.6. The molecule has 1 aliphatic rings. The summed E-state index contributed by atoms with van der Waals surface area (Å²) in [6, 6.07) is 8.15. The summed E-state index contributed by atoms with van der Waals surface area (Å²) in [7, 11) is 0. The van der Waals surface area contributed by atoms with E-state index < -0.39 is 6.04 Å². The number of nitrogens with one attached hydrogen (secondary N) is 1. The second-order valence-electron chi connectivity index (χ2n) is 5.36. The summed E-state index contributed by atoms with van der Waals surface area (Å²) < 4.78 is 0. The minimum absolute atomic E-state index is 0.173. The number of carbonyl (C=O) groups excluding carboxylic acids is 2. The van der Waals surface area contributed by atoms with Crippen molar-refractivity contribution in [2.45, 2.75) is 32.9 Å². The topological polar surface area (TPSA) is 73.2 Å². The molecular formula is C15H17N3O2. The van der Waals surface area contributed by atoms with Crippen LogP contribution < -0.4 is 5.32 Å². The van der Waals surface area contributed by atoms with Gasteiger partial charge in [0.05, 0.1) is 18.2 Å². The van der Waals surface area contributed by atoms with E-state index in [1.54, 1.807) is 24.3 Å². The highest BCUT2D eigenvalue weighted by Gasteiger charge is 2.37. The molecule has 0 bridgehead atoms. The maximum Gasteiger partial charge on any atom is 0.325 e. The highest BCUT2D eigenvalue weighted by molar-refractivity contribution is 6.04. The number of imide groups is 1. The van der Waals surface area contributed by atoms with Crippen molar-refractivity contribution in [2.75, 3.05) is 0 Å². The average molecular weight is 271 g/mol. The maximum atomic E-state index is 12.2. The van der Waals surface area contributed by atoms with E-state index in [2.05, 4.69) is 5.32 Å².